The third-order valence-corrected chi connectivity index (χ3v) is 4.16. The van der Waals surface area contributed by atoms with E-state index >= 15 is 0 Å². The maximum atomic E-state index is 10.4. The standard InChI is InChI=1S/C4H13NO5P2S/c1-4(2,3)5-11(6,13)10-12(7,8)9/h6,13H,1-3H3,(H2,7,8,9). The van der Waals surface area contributed by atoms with Gasteiger partial charge in [-0.05, 0) is 20.8 Å². The van der Waals surface area contributed by atoms with Crippen molar-refractivity contribution in [1.29, 1.82) is 0 Å². The molecule has 0 bridgehead atoms. The van der Waals surface area contributed by atoms with Crippen LogP contribution in [-0.4, -0.2) is 20.2 Å². The van der Waals surface area contributed by atoms with Crippen molar-refractivity contribution in [3.8, 4) is 0 Å². The Labute approximate surface area is 81.9 Å². The second-order valence-corrected chi connectivity index (χ2v) is 7.78. The zero-order valence-corrected chi connectivity index (χ0v) is 10.1. The molecule has 6 nitrogen and oxygen atoms in total. The van der Waals surface area contributed by atoms with Crippen LogP contribution in [0.5, 0.6) is 0 Å². The Morgan fingerprint density at radius 3 is 1.92 bits per heavy atom. The van der Waals surface area contributed by atoms with Gasteiger partial charge in [0.2, 0.25) is 0 Å². The lowest BCUT2D eigenvalue weighted by atomic mass is 10.1. The second-order valence-electron chi connectivity index (χ2n) is 3.36. The van der Waals surface area contributed by atoms with Crippen molar-refractivity contribution >= 4 is 26.8 Å². The first-order chi connectivity index (χ1) is 5.41. The van der Waals surface area contributed by atoms with Gasteiger partial charge in [0.1, 0.15) is 0 Å². The molecule has 0 aromatic heterocycles. The van der Waals surface area contributed by atoms with Crippen LogP contribution >= 0.6 is 26.8 Å². The molecule has 0 heterocycles. The molecule has 0 amide bonds. The van der Waals surface area contributed by atoms with Crippen molar-refractivity contribution in [2.24, 2.45) is 4.74 Å². The van der Waals surface area contributed by atoms with Crippen LogP contribution in [0.3, 0.4) is 0 Å². The van der Waals surface area contributed by atoms with Gasteiger partial charge in [0.25, 0.3) is 6.71 Å². The van der Waals surface area contributed by atoms with Crippen molar-refractivity contribution in [1.82, 2.24) is 0 Å². The van der Waals surface area contributed by atoms with E-state index in [0.717, 1.165) is 0 Å². The molecular formula is C4H13NO5P2S. The molecule has 0 fully saturated rings. The number of hydrogen-bond donors (Lipinski definition) is 4. The Balaban J connectivity index is 4.79. The van der Waals surface area contributed by atoms with Gasteiger partial charge in [-0.1, -0.05) is 12.2 Å². The van der Waals surface area contributed by atoms with E-state index in [2.05, 4.69) is 21.3 Å². The molecule has 0 aliphatic rings. The van der Waals surface area contributed by atoms with Crippen molar-refractivity contribution in [3.63, 3.8) is 0 Å². The molecule has 0 aromatic carbocycles. The van der Waals surface area contributed by atoms with E-state index in [0.29, 0.717) is 0 Å². The van der Waals surface area contributed by atoms with Crippen LogP contribution in [0.2, 0.25) is 0 Å². The largest absolute Gasteiger partial charge is 0.476 e. The minimum absolute atomic E-state index is 0.667. The van der Waals surface area contributed by atoms with Gasteiger partial charge in [0.15, 0.2) is 0 Å². The summed E-state index contributed by atoms with van der Waals surface area (Å²) >= 11 is 3.56. The lowest BCUT2D eigenvalue weighted by molar-refractivity contribution is 0.282. The first-order valence-corrected chi connectivity index (χ1v) is 7.57. The van der Waals surface area contributed by atoms with Gasteiger partial charge >= 0.3 is 7.82 Å². The summed E-state index contributed by atoms with van der Waals surface area (Å²) in [6.45, 7) is 1.32. The highest BCUT2D eigenvalue weighted by Crippen LogP contribution is 2.63. The fraction of sp³-hybridized carbons (Fsp3) is 1.00. The topological polar surface area (TPSA) is 99.4 Å². The van der Waals surface area contributed by atoms with Crippen molar-refractivity contribution in [2.45, 2.75) is 26.3 Å². The predicted octanol–water partition coefficient (Wildman–Crippen LogP) is 1.76. The maximum absolute atomic E-state index is 10.4. The molecule has 0 radical (unpaired) electrons. The first kappa shape index (κ1) is 13.7. The van der Waals surface area contributed by atoms with E-state index in [1.165, 1.54) is 0 Å². The quantitative estimate of drug-likeness (QED) is 0.441. The molecular weight excluding hydrogens is 236 g/mol. The molecule has 0 aliphatic carbocycles. The molecule has 0 spiro atoms. The monoisotopic (exact) mass is 249 g/mol. The lowest BCUT2D eigenvalue weighted by Crippen LogP contribution is -2.08. The maximum Gasteiger partial charge on any atom is 0.476 e. The van der Waals surface area contributed by atoms with Crippen LogP contribution in [0, 0.1) is 0 Å². The van der Waals surface area contributed by atoms with E-state index < -0.39 is 20.1 Å². The third kappa shape index (κ3) is 8.97. The van der Waals surface area contributed by atoms with Crippen molar-refractivity contribution in [3.05, 3.63) is 0 Å². The van der Waals surface area contributed by atoms with E-state index in [1.807, 2.05) is 0 Å². The zero-order valence-electron chi connectivity index (χ0n) is 7.45. The highest BCUT2D eigenvalue weighted by atomic mass is 32.7. The first-order valence-electron chi connectivity index (χ1n) is 3.27. The lowest BCUT2D eigenvalue weighted by Gasteiger charge is -2.19. The Morgan fingerprint density at radius 2 is 1.69 bits per heavy atom. The molecule has 0 aromatic rings. The number of thiol groups is 1. The van der Waals surface area contributed by atoms with E-state index in [1.54, 1.807) is 20.8 Å². The van der Waals surface area contributed by atoms with Crippen LogP contribution < -0.4 is 0 Å². The Bertz CT molecular complexity index is 273. The molecule has 0 saturated carbocycles. The van der Waals surface area contributed by atoms with Gasteiger partial charge in [-0.3, -0.25) is 0 Å². The summed E-state index contributed by atoms with van der Waals surface area (Å²) in [5.41, 5.74) is -0.667. The van der Waals surface area contributed by atoms with Crippen LogP contribution in [-0.2, 0) is 8.88 Å². The predicted molar refractivity (Wildman–Crippen MR) is 53.4 cm³/mol. The van der Waals surface area contributed by atoms with Crippen LogP contribution in [0.15, 0.2) is 4.74 Å². The van der Waals surface area contributed by atoms with Crippen LogP contribution in [0.4, 0.5) is 0 Å². The number of hydrogen-bond acceptors (Lipinski definition) is 3. The van der Waals surface area contributed by atoms with E-state index in [9.17, 15) is 9.46 Å². The summed E-state index contributed by atoms with van der Waals surface area (Å²) in [5.74, 6) is 0. The molecule has 1 atom stereocenters. The molecule has 1 unspecified atom stereocenters. The fourth-order valence-electron chi connectivity index (χ4n) is 0.552. The SMILES string of the molecule is CC(C)(C)N=P(O)(S)OP(=O)(O)O. The van der Waals surface area contributed by atoms with Crippen molar-refractivity contribution in [2.75, 3.05) is 0 Å². The molecule has 3 N–H and O–H groups in total. The van der Waals surface area contributed by atoms with Gasteiger partial charge in [-0.2, -0.15) is 0 Å². The molecule has 13 heavy (non-hydrogen) atoms. The molecule has 0 rings (SSSR count). The minimum atomic E-state index is -4.74. The molecule has 0 saturated heterocycles. The summed E-state index contributed by atoms with van der Waals surface area (Å²) < 4.78 is 18.0. The average Bonchev–Trinajstić information content (AvgIpc) is 1.43. The third-order valence-electron chi connectivity index (χ3n) is 0.646. The molecule has 0 aliphatic heterocycles. The van der Waals surface area contributed by atoms with Gasteiger partial charge in [-0.15, -0.1) is 0 Å². The van der Waals surface area contributed by atoms with Crippen LogP contribution in [0.25, 0.3) is 0 Å². The number of phosphoric acid groups is 1. The minimum Gasteiger partial charge on any atom is -0.332 e. The van der Waals surface area contributed by atoms with Crippen molar-refractivity contribution < 1.29 is 23.6 Å². The van der Waals surface area contributed by atoms with E-state index in [-0.39, 0.29) is 0 Å². The molecule has 9 heteroatoms. The highest BCUT2D eigenvalue weighted by Gasteiger charge is 2.27. The zero-order chi connectivity index (χ0) is 10.9. The Hall–Kier alpha value is 0.650. The summed E-state index contributed by atoms with van der Waals surface area (Å²) in [6.07, 6.45) is 0. The Morgan fingerprint density at radius 1 is 1.31 bits per heavy atom. The summed E-state index contributed by atoms with van der Waals surface area (Å²) in [7, 11) is -4.74. The van der Waals surface area contributed by atoms with Gasteiger partial charge < -0.3 is 14.7 Å². The fourth-order valence-corrected chi connectivity index (χ4v) is 4.28. The molecule has 80 valence electrons. The Kier molecular flexibility index (Phi) is 4.23. The summed E-state index contributed by atoms with van der Waals surface area (Å²) in [4.78, 5) is 26.1. The van der Waals surface area contributed by atoms with Gasteiger partial charge in [0, 0.05) is 0 Å². The number of rotatable bonds is 2. The van der Waals surface area contributed by atoms with Gasteiger partial charge in [0.05, 0.1) is 5.54 Å². The smallest absolute Gasteiger partial charge is 0.332 e. The van der Waals surface area contributed by atoms with Crippen LogP contribution in [0.1, 0.15) is 20.8 Å². The van der Waals surface area contributed by atoms with Gasteiger partial charge in [-0.25, -0.2) is 13.6 Å². The highest BCUT2D eigenvalue weighted by molar-refractivity contribution is 8.45. The summed E-state index contributed by atoms with van der Waals surface area (Å²) in [5, 5.41) is 0. The average molecular weight is 249 g/mol. The normalized spacial score (nSPS) is 18.1. The van der Waals surface area contributed by atoms with E-state index in [4.69, 9.17) is 9.79 Å². The second kappa shape index (κ2) is 4.03. The number of nitrogens with zero attached hydrogens (tertiary/aromatic N) is 1. The summed E-state index contributed by atoms with van der Waals surface area (Å²) in [6, 6.07) is 0.